The number of aromatic nitrogens is 2. The van der Waals surface area contributed by atoms with Gasteiger partial charge in [-0.15, -0.1) is 0 Å². The predicted molar refractivity (Wildman–Crippen MR) is 70.4 cm³/mol. The van der Waals surface area contributed by atoms with E-state index in [2.05, 4.69) is 4.98 Å². The third kappa shape index (κ3) is 2.65. The monoisotopic (exact) mass is 244 g/mol. The second-order valence-corrected chi connectivity index (χ2v) is 4.39. The number of aliphatic hydroxyl groups excluding tert-OH is 1. The summed E-state index contributed by atoms with van der Waals surface area (Å²) < 4.78 is 1.51. The summed E-state index contributed by atoms with van der Waals surface area (Å²) in [7, 11) is 0. The Bertz CT molecular complexity index is 588. The second-order valence-electron chi connectivity index (χ2n) is 4.39. The summed E-state index contributed by atoms with van der Waals surface area (Å²) in [5.74, 6) is 0.599. The Morgan fingerprint density at radius 1 is 1.33 bits per heavy atom. The summed E-state index contributed by atoms with van der Waals surface area (Å²) >= 11 is 0. The van der Waals surface area contributed by atoms with Crippen LogP contribution in [0, 0.1) is 6.92 Å². The molecule has 18 heavy (non-hydrogen) atoms. The topological polar surface area (TPSA) is 55.1 Å². The number of aliphatic hydroxyl groups is 1. The number of nitrogens with zero attached hydrogens (tertiary/aromatic N) is 2. The van der Waals surface area contributed by atoms with E-state index >= 15 is 0 Å². The molecule has 0 bridgehead atoms. The molecule has 0 amide bonds. The molecular weight excluding hydrogens is 228 g/mol. The van der Waals surface area contributed by atoms with Crippen molar-refractivity contribution >= 4 is 0 Å². The van der Waals surface area contributed by atoms with Crippen LogP contribution in [0.1, 0.15) is 12.6 Å². The molecule has 0 saturated heterocycles. The van der Waals surface area contributed by atoms with Gasteiger partial charge >= 0.3 is 0 Å². The Balaban J connectivity index is 2.61. The molecule has 0 aliphatic carbocycles. The van der Waals surface area contributed by atoms with Crippen LogP contribution >= 0.6 is 0 Å². The highest BCUT2D eigenvalue weighted by atomic mass is 16.3. The molecule has 0 unspecified atom stereocenters. The van der Waals surface area contributed by atoms with Gasteiger partial charge in [-0.25, -0.2) is 4.98 Å². The molecule has 4 nitrogen and oxygen atoms in total. The van der Waals surface area contributed by atoms with E-state index in [4.69, 9.17) is 0 Å². The lowest BCUT2D eigenvalue weighted by atomic mass is 10.2. The van der Waals surface area contributed by atoms with Crippen LogP contribution in [0.2, 0.25) is 0 Å². The van der Waals surface area contributed by atoms with Crippen molar-refractivity contribution in [3.63, 3.8) is 0 Å². The van der Waals surface area contributed by atoms with Gasteiger partial charge in [0.15, 0.2) is 0 Å². The second kappa shape index (κ2) is 5.14. The molecule has 0 fully saturated rings. The fourth-order valence-electron chi connectivity index (χ4n) is 1.87. The minimum Gasteiger partial charge on any atom is -0.392 e. The summed E-state index contributed by atoms with van der Waals surface area (Å²) in [6.07, 6.45) is -0.588. The third-order valence-electron chi connectivity index (χ3n) is 2.62. The van der Waals surface area contributed by atoms with Gasteiger partial charge in [0.2, 0.25) is 0 Å². The number of aryl methyl sites for hydroxylation is 1. The van der Waals surface area contributed by atoms with Crippen LogP contribution in [0.15, 0.2) is 41.2 Å². The van der Waals surface area contributed by atoms with E-state index in [1.807, 2.05) is 30.3 Å². The zero-order valence-electron chi connectivity index (χ0n) is 10.5. The summed E-state index contributed by atoms with van der Waals surface area (Å²) in [4.78, 5) is 16.4. The van der Waals surface area contributed by atoms with Crippen molar-refractivity contribution in [1.29, 1.82) is 0 Å². The van der Waals surface area contributed by atoms with Crippen molar-refractivity contribution in [3.05, 3.63) is 52.4 Å². The highest BCUT2D eigenvalue weighted by Crippen LogP contribution is 2.15. The molecular formula is C14H16N2O2. The minimum atomic E-state index is -0.588. The van der Waals surface area contributed by atoms with E-state index in [0.29, 0.717) is 11.5 Å². The maximum absolute atomic E-state index is 12.0. The molecule has 1 atom stereocenters. The van der Waals surface area contributed by atoms with Gasteiger partial charge in [0.25, 0.3) is 5.56 Å². The van der Waals surface area contributed by atoms with Crippen LogP contribution in [0.3, 0.4) is 0 Å². The molecule has 2 aromatic rings. The molecule has 1 N–H and O–H groups in total. The average Bonchev–Trinajstić information content (AvgIpc) is 2.33. The lowest BCUT2D eigenvalue weighted by Crippen LogP contribution is -2.27. The number of hydrogen-bond acceptors (Lipinski definition) is 3. The quantitative estimate of drug-likeness (QED) is 0.892. The van der Waals surface area contributed by atoms with Gasteiger partial charge in [0, 0.05) is 17.3 Å². The van der Waals surface area contributed by atoms with Crippen LogP contribution < -0.4 is 5.56 Å². The fourth-order valence-corrected chi connectivity index (χ4v) is 1.87. The Labute approximate surface area is 106 Å². The first-order valence-electron chi connectivity index (χ1n) is 5.90. The van der Waals surface area contributed by atoms with E-state index in [1.165, 1.54) is 10.6 Å². The molecule has 2 rings (SSSR count). The van der Waals surface area contributed by atoms with Gasteiger partial charge in [-0.2, -0.15) is 0 Å². The minimum absolute atomic E-state index is 0.137. The number of rotatable bonds is 3. The first-order valence-corrected chi connectivity index (χ1v) is 5.90. The maximum atomic E-state index is 12.0. The highest BCUT2D eigenvalue weighted by molar-refractivity contribution is 5.55. The van der Waals surface area contributed by atoms with Crippen LogP contribution in [0.25, 0.3) is 11.4 Å². The van der Waals surface area contributed by atoms with Crippen LogP contribution in [-0.4, -0.2) is 20.8 Å². The Morgan fingerprint density at radius 3 is 2.61 bits per heavy atom. The lowest BCUT2D eigenvalue weighted by molar-refractivity contribution is 0.172. The van der Waals surface area contributed by atoms with Crippen LogP contribution in [0.5, 0.6) is 0 Å². The van der Waals surface area contributed by atoms with Crippen LogP contribution in [-0.2, 0) is 6.54 Å². The summed E-state index contributed by atoms with van der Waals surface area (Å²) in [6.45, 7) is 3.69. The molecule has 1 aromatic heterocycles. The molecule has 94 valence electrons. The normalized spacial score (nSPS) is 12.4. The molecule has 0 saturated carbocycles. The standard InChI is InChI=1S/C14H16N2O2/c1-10-8-13(18)16(9-11(2)17)14(15-10)12-6-4-3-5-7-12/h3-8,11,17H,9H2,1-2H3/t11-/m1/s1. The maximum Gasteiger partial charge on any atom is 0.254 e. The van der Waals surface area contributed by atoms with E-state index in [1.54, 1.807) is 13.8 Å². The average molecular weight is 244 g/mol. The first kappa shape index (κ1) is 12.5. The van der Waals surface area contributed by atoms with E-state index in [0.717, 1.165) is 5.56 Å². The van der Waals surface area contributed by atoms with Crippen LogP contribution in [0.4, 0.5) is 0 Å². The summed E-state index contributed by atoms with van der Waals surface area (Å²) in [6, 6.07) is 11.0. The number of hydrogen-bond donors (Lipinski definition) is 1. The molecule has 4 heteroatoms. The molecule has 0 spiro atoms. The first-order chi connectivity index (χ1) is 8.58. The summed E-state index contributed by atoms with van der Waals surface area (Å²) in [5, 5.41) is 9.48. The summed E-state index contributed by atoms with van der Waals surface area (Å²) in [5.41, 5.74) is 1.42. The molecule has 1 heterocycles. The van der Waals surface area contributed by atoms with Gasteiger partial charge in [-0.05, 0) is 13.8 Å². The molecule has 0 radical (unpaired) electrons. The Kier molecular flexibility index (Phi) is 3.58. The largest absolute Gasteiger partial charge is 0.392 e. The van der Waals surface area contributed by atoms with Crippen molar-refractivity contribution < 1.29 is 5.11 Å². The zero-order chi connectivity index (χ0) is 13.1. The SMILES string of the molecule is Cc1cc(=O)n(C[C@@H](C)O)c(-c2ccccc2)n1. The van der Waals surface area contributed by atoms with E-state index in [9.17, 15) is 9.90 Å². The Morgan fingerprint density at radius 2 is 2.00 bits per heavy atom. The van der Waals surface area contributed by atoms with Gasteiger partial charge in [-0.1, -0.05) is 30.3 Å². The van der Waals surface area contributed by atoms with Gasteiger partial charge in [0.1, 0.15) is 5.82 Å². The van der Waals surface area contributed by atoms with Crippen molar-refractivity contribution in [2.75, 3.05) is 0 Å². The molecule has 1 aromatic carbocycles. The third-order valence-corrected chi connectivity index (χ3v) is 2.62. The van der Waals surface area contributed by atoms with E-state index < -0.39 is 6.10 Å². The zero-order valence-corrected chi connectivity index (χ0v) is 10.5. The number of benzene rings is 1. The lowest BCUT2D eigenvalue weighted by Gasteiger charge is -2.14. The van der Waals surface area contributed by atoms with Crippen molar-refractivity contribution in [2.24, 2.45) is 0 Å². The smallest absolute Gasteiger partial charge is 0.254 e. The fraction of sp³-hybridized carbons (Fsp3) is 0.286. The Hall–Kier alpha value is -1.94. The van der Waals surface area contributed by atoms with Crippen molar-refractivity contribution in [3.8, 4) is 11.4 Å². The van der Waals surface area contributed by atoms with Crippen molar-refractivity contribution in [1.82, 2.24) is 9.55 Å². The van der Waals surface area contributed by atoms with Gasteiger partial charge < -0.3 is 5.11 Å². The van der Waals surface area contributed by atoms with Crippen molar-refractivity contribution in [2.45, 2.75) is 26.5 Å². The molecule has 0 aliphatic rings. The van der Waals surface area contributed by atoms with Gasteiger partial charge in [0.05, 0.1) is 12.6 Å². The highest BCUT2D eigenvalue weighted by Gasteiger charge is 2.10. The predicted octanol–water partition coefficient (Wildman–Crippen LogP) is 1.60. The molecule has 0 aliphatic heterocycles. The van der Waals surface area contributed by atoms with E-state index in [-0.39, 0.29) is 12.1 Å². The van der Waals surface area contributed by atoms with Gasteiger partial charge in [-0.3, -0.25) is 9.36 Å².